The second kappa shape index (κ2) is 9.59. The number of amides is 1. The van der Waals surface area contributed by atoms with Crippen LogP contribution in [0.15, 0.2) is 71.7 Å². The van der Waals surface area contributed by atoms with Crippen LogP contribution >= 0.6 is 23.2 Å². The average molecular weight is 561 g/mol. The summed E-state index contributed by atoms with van der Waals surface area (Å²) in [7, 11) is 1.85. The van der Waals surface area contributed by atoms with E-state index in [2.05, 4.69) is 10.3 Å². The molecule has 2 N–H and O–H groups in total. The van der Waals surface area contributed by atoms with Gasteiger partial charge in [0.2, 0.25) is 0 Å². The summed E-state index contributed by atoms with van der Waals surface area (Å²) >= 11 is 12.4. The van der Waals surface area contributed by atoms with Crippen molar-refractivity contribution in [3.63, 3.8) is 0 Å². The third-order valence-corrected chi connectivity index (χ3v) is 7.75. The summed E-state index contributed by atoms with van der Waals surface area (Å²) in [6, 6.07) is 14.8. The lowest BCUT2D eigenvalue weighted by molar-refractivity contribution is -0.116. The monoisotopic (exact) mass is 560 g/mol. The van der Waals surface area contributed by atoms with Crippen molar-refractivity contribution in [2.45, 2.75) is 13.0 Å². The van der Waals surface area contributed by atoms with Crippen molar-refractivity contribution in [1.29, 1.82) is 0 Å². The van der Waals surface area contributed by atoms with Gasteiger partial charge in [0.25, 0.3) is 11.5 Å². The summed E-state index contributed by atoms with van der Waals surface area (Å²) in [5.74, 6) is -0.629. The molecular weight excluding hydrogens is 538 g/mol. The minimum Gasteiger partial charge on any atom is -0.350 e. The lowest BCUT2D eigenvalue weighted by atomic mass is 10.0. The van der Waals surface area contributed by atoms with Gasteiger partial charge < -0.3 is 20.1 Å². The van der Waals surface area contributed by atoms with Gasteiger partial charge in [-0.3, -0.25) is 9.59 Å². The number of carbonyl (C=O) groups is 1. The Hall–Kier alpha value is -4.07. The molecule has 196 valence electrons. The lowest BCUT2D eigenvalue weighted by Gasteiger charge is -2.27. The summed E-state index contributed by atoms with van der Waals surface area (Å²) in [5.41, 5.74) is 4.35. The molecule has 2 aromatic carbocycles. The number of aromatic amines is 1. The van der Waals surface area contributed by atoms with Gasteiger partial charge in [-0.1, -0.05) is 29.3 Å². The van der Waals surface area contributed by atoms with Crippen LogP contribution in [-0.4, -0.2) is 24.5 Å². The van der Waals surface area contributed by atoms with Gasteiger partial charge in [0.1, 0.15) is 5.82 Å². The van der Waals surface area contributed by atoms with E-state index in [1.165, 1.54) is 12.1 Å². The van der Waals surface area contributed by atoms with E-state index in [4.69, 9.17) is 23.2 Å². The fourth-order valence-corrected chi connectivity index (χ4v) is 5.88. The predicted octanol–water partition coefficient (Wildman–Crippen LogP) is 4.85. The zero-order valence-corrected chi connectivity index (χ0v) is 22.6. The van der Waals surface area contributed by atoms with Gasteiger partial charge in [-0.15, -0.1) is 0 Å². The van der Waals surface area contributed by atoms with E-state index in [0.29, 0.717) is 38.6 Å². The predicted molar refractivity (Wildman–Crippen MR) is 155 cm³/mol. The number of hydrogen-bond acceptors (Lipinski definition) is 4. The molecule has 0 radical (unpaired) electrons. The van der Waals surface area contributed by atoms with Crippen LogP contribution in [0, 0.1) is 5.82 Å². The molecule has 0 spiro atoms. The third-order valence-electron chi connectivity index (χ3n) is 7.19. The van der Waals surface area contributed by atoms with Gasteiger partial charge >= 0.3 is 0 Å². The Morgan fingerprint density at radius 2 is 1.85 bits per heavy atom. The van der Waals surface area contributed by atoms with Crippen LogP contribution < -0.4 is 31.2 Å². The summed E-state index contributed by atoms with van der Waals surface area (Å²) in [5, 5.41) is 5.35. The molecule has 0 aromatic heterocycles. The topological polar surface area (TPSA) is 68.4 Å². The number of H-pyrrole nitrogens is 1. The highest BCUT2D eigenvalue weighted by Gasteiger charge is 2.29. The van der Waals surface area contributed by atoms with Gasteiger partial charge in [0, 0.05) is 51.7 Å². The van der Waals surface area contributed by atoms with Crippen molar-refractivity contribution in [3.05, 3.63) is 109 Å². The first-order chi connectivity index (χ1) is 18.7. The van der Waals surface area contributed by atoms with Gasteiger partial charge in [-0.2, -0.15) is 0 Å². The molecule has 2 aromatic rings. The number of nitrogens with one attached hydrogen (secondary N) is 2. The number of halogens is 3. The first kappa shape index (κ1) is 25.2. The van der Waals surface area contributed by atoms with Crippen LogP contribution in [0.25, 0.3) is 22.8 Å². The average Bonchev–Trinajstić information content (AvgIpc) is 3.11. The molecule has 6 rings (SSSR count). The van der Waals surface area contributed by atoms with Crippen molar-refractivity contribution in [3.8, 4) is 11.1 Å². The third kappa shape index (κ3) is 4.28. The fraction of sp³-hybridized carbons (Fsp3) is 0.133. The number of aromatic nitrogens is 1. The van der Waals surface area contributed by atoms with Crippen LogP contribution in [0.3, 0.4) is 0 Å². The summed E-state index contributed by atoms with van der Waals surface area (Å²) in [4.78, 5) is 33.8. The lowest BCUT2D eigenvalue weighted by Crippen LogP contribution is -2.33. The van der Waals surface area contributed by atoms with E-state index < -0.39 is 0 Å². The van der Waals surface area contributed by atoms with Crippen molar-refractivity contribution in [1.82, 2.24) is 10.3 Å². The largest absolute Gasteiger partial charge is 0.350 e. The molecule has 39 heavy (non-hydrogen) atoms. The van der Waals surface area contributed by atoms with E-state index in [1.54, 1.807) is 42.6 Å². The van der Waals surface area contributed by atoms with E-state index in [0.717, 1.165) is 27.9 Å². The van der Waals surface area contributed by atoms with Crippen LogP contribution in [0.2, 0.25) is 10.0 Å². The Morgan fingerprint density at radius 3 is 2.59 bits per heavy atom. The molecule has 9 heteroatoms. The van der Waals surface area contributed by atoms with Crippen molar-refractivity contribution >= 4 is 57.8 Å². The number of rotatable bonds is 4. The van der Waals surface area contributed by atoms with E-state index >= 15 is 0 Å². The Labute approximate surface area is 233 Å². The molecule has 3 aliphatic heterocycles. The van der Waals surface area contributed by atoms with Gasteiger partial charge in [-0.25, -0.2) is 4.39 Å². The first-order valence-electron chi connectivity index (χ1n) is 12.4. The summed E-state index contributed by atoms with van der Waals surface area (Å²) in [6.07, 6.45) is 5.45. The van der Waals surface area contributed by atoms with Crippen molar-refractivity contribution in [2.24, 2.45) is 0 Å². The number of anilines is 3. The molecule has 1 atom stereocenters. The zero-order chi connectivity index (χ0) is 27.4. The van der Waals surface area contributed by atoms with Gasteiger partial charge in [0.15, 0.2) is 0 Å². The number of nitrogens with zero attached hydrogens (tertiary/aromatic N) is 2. The number of carbonyl (C=O) groups excluding carboxylic acids is 1. The van der Waals surface area contributed by atoms with Crippen LogP contribution in [0.1, 0.15) is 18.5 Å². The Balaban J connectivity index is 1.51. The highest BCUT2D eigenvalue weighted by molar-refractivity contribution is 6.35. The summed E-state index contributed by atoms with van der Waals surface area (Å²) < 4.78 is 13.7. The van der Waals surface area contributed by atoms with E-state index in [1.807, 2.05) is 42.0 Å². The minimum atomic E-state index is -0.390. The second-order valence-electron chi connectivity index (χ2n) is 9.59. The van der Waals surface area contributed by atoms with Gasteiger partial charge in [-0.05, 0) is 73.2 Å². The second-order valence-corrected chi connectivity index (χ2v) is 10.4. The maximum Gasteiger partial charge on any atom is 0.258 e. The normalized spacial score (nSPS) is 14.7. The quantitative estimate of drug-likeness (QED) is 0.374. The SMILES string of the molecule is CC(NC(=O)C1=c2ccc3c4c([nH]c(=O)c-4c2N(C)C=C1)=CCN3c1ccc(F)cc1)c1ccc(Cl)cc1Cl. The Kier molecular flexibility index (Phi) is 6.20. The number of hydrogen-bond donors (Lipinski definition) is 2. The molecule has 0 bridgehead atoms. The number of benzene rings is 2. The maximum absolute atomic E-state index is 13.7. The molecule has 4 aliphatic rings. The molecule has 0 saturated carbocycles. The zero-order valence-electron chi connectivity index (χ0n) is 21.1. The molecule has 1 amide bonds. The highest BCUT2D eigenvalue weighted by atomic mass is 35.5. The smallest absolute Gasteiger partial charge is 0.258 e. The Morgan fingerprint density at radius 1 is 1.08 bits per heavy atom. The van der Waals surface area contributed by atoms with Crippen molar-refractivity contribution in [2.75, 3.05) is 23.4 Å². The van der Waals surface area contributed by atoms with Crippen molar-refractivity contribution < 1.29 is 9.18 Å². The number of fused-ring (bicyclic) bond motifs is 2. The molecule has 1 aliphatic carbocycles. The molecule has 3 heterocycles. The van der Waals surface area contributed by atoms with E-state index in [9.17, 15) is 14.0 Å². The summed E-state index contributed by atoms with van der Waals surface area (Å²) in [6.45, 7) is 2.34. The maximum atomic E-state index is 13.7. The first-order valence-corrected chi connectivity index (χ1v) is 13.1. The highest BCUT2D eigenvalue weighted by Crippen LogP contribution is 2.37. The van der Waals surface area contributed by atoms with Crippen LogP contribution in [-0.2, 0) is 4.79 Å². The minimum absolute atomic E-state index is 0.242. The fourth-order valence-electron chi connectivity index (χ4n) is 5.31. The van der Waals surface area contributed by atoms with Crippen LogP contribution in [0.5, 0.6) is 0 Å². The van der Waals surface area contributed by atoms with E-state index in [-0.39, 0.29) is 23.3 Å². The molecular formula is C30H23Cl2FN4O2. The standard InChI is InChI=1S/C30H23Cl2FN4O2/c1-16(20-8-3-17(31)15-23(20)32)34-29(38)22-11-13-36(2)28-21(22)9-10-25-26-24(35-30(39)27(26)28)12-14-37(25)19-6-4-18(33)5-7-19/h3-13,15-16H,14H2,1-2H3,(H,34,38)(H,35,39). The molecule has 0 fully saturated rings. The van der Waals surface area contributed by atoms with Crippen LogP contribution in [0.4, 0.5) is 21.5 Å². The van der Waals surface area contributed by atoms with Gasteiger partial charge in [0.05, 0.1) is 28.6 Å². The molecule has 0 saturated heterocycles. The molecule has 6 nitrogen and oxygen atoms in total. The molecule has 1 unspecified atom stereocenters. The Bertz CT molecular complexity index is 1830.